The van der Waals surface area contributed by atoms with E-state index in [1.165, 1.54) is 5.56 Å². The van der Waals surface area contributed by atoms with Crippen LogP contribution in [0.5, 0.6) is 0 Å². The van der Waals surface area contributed by atoms with Crippen molar-refractivity contribution in [2.24, 2.45) is 0 Å². The highest BCUT2D eigenvalue weighted by Gasteiger charge is 2.15. The maximum absolute atomic E-state index is 4.09. The van der Waals surface area contributed by atoms with Crippen LogP contribution in [0.25, 0.3) is 5.69 Å². The van der Waals surface area contributed by atoms with Gasteiger partial charge < -0.3 is 10.2 Å². The third kappa shape index (κ3) is 4.10. The lowest BCUT2D eigenvalue weighted by Crippen LogP contribution is -2.27. The highest BCUT2D eigenvalue weighted by Crippen LogP contribution is 2.19. The number of hydrogen-bond acceptors (Lipinski definition) is 5. The molecule has 3 aromatic rings. The first-order valence-electron chi connectivity index (χ1n) is 7.55. The molecule has 0 spiro atoms. The summed E-state index contributed by atoms with van der Waals surface area (Å²) in [4.78, 5) is 2.18. The lowest BCUT2D eigenvalue weighted by atomic mass is 10.1. The second-order valence-electron chi connectivity index (χ2n) is 5.52. The minimum Gasteiger partial charge on any atom is -0.351 e. The number of hydrogen-bond donors (Lipinski definition) is 1. The molecule has 0 aliphatic carbocycles. The molecule has 0 aliphatic heterocycles. The van der Waals surface area contributed by atoms with Crippen molar-refractivity contribution in [1.29, 1.82) is 0 Å². The van der Waals surface area contributed by atoms with Crippen LogP contribution >= 0.6 is 12.4 Å². The van der Waals surface area contributed by atoms with Crippen molar-refractivity contribution in [1.82, 2.24) is 25.1 Å². The van der Waals surface area contributed by atoms with E-state index in [1.54, 1.807) is 4.68 Å². The quantitative estimate of drug-likeness (QED) is 0.745. The van der Waals surface area contributed by atoms with Gasteiger partial charge in [-0.15, -0.1) is 12.4 Å². The van der Waals surface area contributed by atoms with Gasteiger partial charge in [-0.3, -0.25) is 0 Å². The summed E-state index contributed by atoms with van der Waals surface area (Å²) in [5.41, 5.74) is 2.19. The normalized spacial score (nSPS) is 11.8. The van der Waals surface area contributed by atoms with E-state index in [0.717, 1.165) is 5.69 Å². The van der Waals surface area contributed by atoms with Crippen molar-refractivity contribution < 1.29 is 0 Å². The van der Waals surface area contributed by atoms with Gasteiger partial charge in [0.2, 0.25) is 5.95 Å². The maximum Gasteiger partial charge on any atom is 0.247 e. The van der Waals surface area contributed by atoms with Crippen molar-refractivity contribution in [3.63, 3.8) is 0 Å². The molecule has 1 heterocycles. The van der Waals surface area contributed by atoms with E-state index in [2.05, 4.69) is 64.1 Å². The summed E-state index contributed by atoms with van der Waals surface area (Å²) in [6.45, 7) is 0.713. The van der Waals surface area contributed by atoms with Gasteiger partial charge in [0, 0.05) is 6.54 Å². The zero-order chi connectivity index (χ0) is 16.1. The standard InChI is InChI=1S/C17H20N6.ClH/c1-22(2)16(14-9-5-3-6-10-14)13-18-17-19-20-21-23(17)15-11-7-4-8-12-15;/h3-12,16H,13H2,1-2H3,(H,18,19,21);1H. The van der Waals surface area contributed by atoms with Crippen molar-refractivity contribution >= 4 is 18.4 Å². The number of para-hydroxylation sites is 1. The number of halogens is 1. The van der Waals surface area contributed by atoms with Gasteiger partial charge >= 0.3 is 0 Å². The molecule has 24 heavy (non-hydrogen) atoms. The number of anilines is 1. The predicted octanol–water partition coefficient (Wildman–Crippen LogP) is 2.80. The van der Waals surface area contributed by atoms with E-state index >= 15 is 0 Å². The van der Waals surface area contributed by atoms with Crippen LogP contribution < -0.4 is 5.32 Å². The molecule has 0 saturated carbocycles. The highest BCUT2D eigenvalue weighted by molar-refractivity contribution is 5.85. The Kier molecular flexibility index (Phi) is 6.28. The third-order valence-electron chi connectivity index (χ3n) is 3.73. The SMILES string of the molecule is CN(C)C(CNc1nnnn1-c1ccccc1)c1ccccc1.Cl. The summed E-state index contributed by atoms with van der Waals surface area (Å²) < 4.78 is 1.71. The third-order valence-corrected chi connectivity index (χ3v) is 3.73. The summed E-state index contributed by atoms with van der Waals surface area (Å²) in [6, 6.07) is 20.5. The Morgan fingerprint density at radius 3 is 2.25 bits per heavy atom. The van der Waals surface area contributed by atoms with Crippen LogP contribution in [0.15, 0.2) is 60.7 Å². The second kappa shape index (κ2) is 8.42. The van der Waals surface area contributed by atoms with Gasteiger partial charge in [-0.05, 0) is 42.2 Å². The molecule has 0 aliphatic rings. The van der Waals surface area contributed by atoms with E-state index in [4.69, 9.17) is 0 Å². The van der Waals surface area contributed by atoms with Crippen LogP contribution in [0.1, 0.15) is 11.6 Å². The molecule has 1 N–H and O–H groups in total. The van der Waals surface area contributed by atoms with Crippen LogP contribution in [-0.4, -0.2) is 45.7 Å². The Morgan fingerprint density at radius 2 is 1.62 bits per heavy atom. The number of benzene rings is 2. The van der Waals surface area contributed by atoms with Crippen LogP contribution in [0.4, 0.5) is 5.95 Å². The van der Waals surface area contributed by atoms with Gasteiger partial charge in [0.25, 0.3) is 0 Å². The molecule has 126 valence electrons. The van der Waals surface area contributed by atoms with Crippen molar-refractivity contribution in [2.45, 2.75) is 6.04 Å². The summed E-state index contributed by atoms with van der Waals surface area (Å²) in [5, 5.41) is 15.3. The Balaban J connectivity index is 0.00000208. The molecule has 1 aromatic heterocycles. The van der Waals surface area contributed by atoms with Crippen molar-refractivity contribution in [3.05, 3.63) is 66.2 Å². The zero-order valence-electron chi connectivity index (χ0n) is 13.7. The first kappa shape index (κ1) is 17.9. The molecule has 3 rings (SSSR count). The molecule has 7 heteroatoms. The fourth-order valence-electron chi connectivity index (χ4n) is 2.50. The summed E-state index contributed by atoms with van der Waals surface area (Å²) in [5.74, 6) is 0.638. The number of rotatable bonds is 6. The fraction of sp³-hybridized carbons (Fsp3) is 0.235. The van der Waals surface area contributed by atoms with Crippen LogP contribution in [-0.2, 0) is 0 Å². The predicted molar refractivity (Wildman–Crippen MR) is 97.8 cm³/mol. The Bertz CT molecular complexity index is 729. The first-order chi connectivity index (χ1) is 11.3. The van der Waals surface area contributed by atoms with Gasteiger partial charge in [0.05, 0.1) is 11.7 Å². The zero-order valence-corrected chi connectivity index (χ0v) is 14.5. The molecule has 0 amide bonds. The van der Waals surface area contributed by atoms with Gasteiger partial charge in [-0.25, -0.2) is 0 Å². The molecule has 1 atom stereocenters. The van der Waals surface area contributed by atoms with Crippen LogP contribution in [0.2, 0.25) is 0 Å². The first-order valence-corrected chi connectivity index (χ1v) is 7.55. The smallest absolute Gasteiger partial charge is 0.247 e. The lowest BCUT2D eigenvalue weighted by Gasteiger charge is -2.25. The van der Waals surface area contributed by atoms with Gasteiger partial charge in [-0.1, -0.05) is 53.6 Å². The van der Waals surface area contributed by atoms with Crippen LogP contribution in [0.3, 0.4) is 0 Å². The van der Waals surface area contributed by atoms with Gasteiger partial charge in [0.15, 0.2) is 0 Å². The van der Waals surface area contributed by atoms with Crippen molar-refractivity contribution in [3.8, 4) is 5.69 Å². The number of aromatic nitrogens is 4. The maximum atomic E-state index is 4.09. The fourth-order valence-corrected chi connectivity index (χ4v) is 2.50. The van der Waals surface area contributed by atoms with E-state index < -0.39 is 0 Å². The molecular formula is C17H21ClN6. The number of tetrazole rings is 1. The van der Waals surface area contributed by atoms with Crippen molar-refractivity contribution in [2.75, 3.05) is 26.0 Å². The van der Waals surface area contributed by atoms with E-state index in [-0.39, 0.29) is 18.4 Å². The summed E-state index contributed by atoms with van der Waals surface area (Å²) in [7, 11) is 4.14. The van der Waals surface area contributed by atoms with Gasteiger partial charge in [0.1, 0.15) is 0 Å². The van der Waals surface area contributed by atoms with E-state index in [1.807, 2.05) is 36.4 Å². The van der Waals surface area contributed by atoms with E-state index in [9.17, 15) is 0 Å². The summed E-state index contributed by atoms with van der Waals surface area (Å²) in [6.07, 6.45) is 0. The summed E-state index contributed by atoms with van der Waals surface area (Å²) >= 11 is 0. The monoisotopic (exact) mass is 344 g/mol. The Labute approximate surface area is 147 Å². The largest absolute Gasteiger partial charge is 0.351 e. The number of nitrogens with zero attached hydrogens (tertiary/aromatic N) is 5. The molecule has 0 saturated heterocycles. The molecule has 6 nitrogen and oxygen atoms in total. The molecule has 2 aromatic carbocycles. The number of likely N-dealkylation sites (N-methyl/N-ethyl adjacent to an activating group) is 1. The Morgan fingerprint density at radius 1 is 1.00 bits per heavy atom. The molecular weight excluding hydrogens is 324 g/mol. The number of nitrogens with one attached hydrogen (secondary N) is 1. The lowest BCUT2D eigenvalue weighted by molar-refractivity contribution is 0.311. The minimum atomic E-state index is 0. The average molecular weight is 345 g/mol. The topological polar surface area (TPSA) is 58.9 Å². The average Bonchev–Trinajstić information content (AvgIpc) is 3.05. The molecule has 0 bridgehead atoms. The molecule has 0 radical (unpaired) electrons. The molecule has 1 unspecified atom stereocenters. The van der Waals surface area contributed by atoms with Gasteiger partial charge in [-0.2, -0.15) is 4.68 Å². The van der Waals surface area contributed by atoms with E-state index in [0.29, 0.717) is 12.5 Å². The Hall–Kier alpha value is -2.44. The molecule has 0 fully saturated rings. The second-order valence-corrected chi connectivity index (χ2v) is 5.52. The highest BCUT2D eigenvalue weighted by atomic mass is 35.5. The minimum absolute atomic E-state index is 0. The van der Waals surface area contributed by atoms with Crippen LogP contribution in [0, 0.1) is 0 Å².